The number of hydrogen-bond acceptors (Lipinski definition) is 5. The second-order valence-electron chi connectivity index (χ2n) is 3.95. The summed E-state index contributed by atoms with van der Waals surface area (Å²) in [6.07, 6.45) is 1.96. The fourth-order valence-corrected chi connectivity index (χ4v) is 3.58. The second-order valence-corrected chi connectivity index (χ2v) is 6.29. The quantitative estimate of drug-likeness (QED) is 0.794. The van der Waals surface area contributed by atoms with Crippen molar-refractivity contribution in [1.82, 2.24) is 9.29 Å². The van der Waals surface area contributed by atoms with E-state index in [2.05, 4.69) is 4.98 Å². The molecule has 1 aromatic rings. The first-order valence-electron chi connectivity index (χ1n) is 5.08. The van der Waals surface area contributed by atoms with Crippen LogP contribution in [0.5, 0.6) is 0 Å². The van der Waals surface area contributed by atoms with E-state index in [0.717, 1.165) is 0 Å². The summed E-state index contributed by atoms with van der Waals surface area (Å²) in [7, 11) is -3.64. The lowest BCUT2D eigenvalue weighted by Crippen LogP contribution is -2.32. The molecule has 0 spiro atoms. The van der Waals surface area contributed by atoms with Crippen molar-refractivity contribution >= 4 is 27.4 Å². The zero-order chi connectivity index (χ0) is 12.6. The Balaban J connectivity index is 2.41. The molecule has 4 N–H and O–H groups in total. The third kappa shape index (κ3) is 2.37. The summed E-state index contributed by atoms with van der Waals surface area (Å²) < 4.78 is 25.8. The van der Waals surface area contributed by atoms with Gasteiger partial charge in [-0.2, -0.15) is 4.31 Å². The van der Waals surface area contributed by atoms with Gasteiger partial charge in [-0.15, -0.1) is 0 Å². The van der Waals surface area contributed by atoms with E-state index in [1.54, 1.807) is 0 Å². The smallest absolute Gasteiger partial charge is 0.246 e. The maximum absolute atomic E-state index is 12.2. The van der Waals surface area contributed by atoms with Gasteiger partial charge in [0.15, 0.2) is 0 Å². The summed E-state index contributed by atoms with van der Waals surface area (Å²) in [6, 6.07) is 1.18. The fourth-order valence-electron chi connectivity index (χ4n) is 1.75. The number of aromatic nitrogens is 1. The van der Waals surface area contributed by atoms with Gasteiger partial charge in [-0.1, -0.05) is 11.6 Å². The Hall–Kier alpha value is -0.890. The predicted octanol–water partition coefficient (Wildman–Crippen LogP) is 0.0389. The predicted molar refractivity (Wildman–Crippen MR) is 65.0 cm³/mol. The zero-order valence-electron chi connectivity index (χ0n) is 9.01. The van der Waals surface area contributed by atoms with E-state index in [-0.39, 0.29) is 21.8 Å². The third-order valence-corrected chi connectivity index (χ3v) is 4.75. The van der Waals surface area contributed by atoms with E-state index >= 15 is 0 Å². The highest BCUT2D eigenvalue weighted by Gasteiger charge is 2.32. The monoisotopic (exact) mass is 276 g/mol. The highest BCUT2D eigenvalue weighted by Crippen LogP contribution is 2.25. The van der Waals surface area contributed by atoms with Crippen LogP contribution in [-0.4, -0.2) is 36.8 Å². The van der Waals surface area contributed by atoms with Crippen LogP contribution in [0.3, 0.4) is 0 Å². The first-order valence-corrected chi connectivity index (χ1v) is 6.90. The number of anilines is 1. The number of halogens is 1. The van der Waals surface area contributed by atoms with Crippen molar-refractivity contribution in [1.29, 1.82) is 0 Å². The molecule has 94 valence electrons. The van der Waals surface area contributed by atoms with Gasteiger partial charge in [-0.3, -0.25) is 0 Å². The zero-order valence-corrected chi connectivity index (χ0v) is 10.6. The Kier molecular flexibility index (Phi) is 3.26. The lowest BCUT2D eigenvalue weighted by Gasteiger charge is -2.16. The van der Waals surface area contributed by atoms with Crippen LogP contribution in [-0.2, 0) is 10.0 Å². The number of nitrogens with zero attached hydrogens (tertiary/aromatic N) is 2. The molecule has 1 saturated heterocycles. The highest BCUT2D eigenvalue weighted by atomic mass is 35.5. The number of pyridine rings is 1. The molecular formula is C9H13ClN4O2S. The Morgan fingerprint density at radius 1 is 1.53 bits per heavy atom. The van der Waals surface area contributed by atoms with Gasteiger partial charge in [0.1, 0.15) is 10.7 Å². The number of rotatable bonds is 2. The summed E-state index contributed by atoms with van der Waals surface area (Å²) >= 11 is 5.73. The Morgan fingerprint density at radius 2 is 2.24 bits per heavy atom. The summed E-state index contributed by atoms with van der Waals surface area (Å²) in [4.78, 5) is 3.69. The van der Waals surface area contributed by atoms with Crippen molar-refractivity contribution in [2.75, 3.05) is 18.8 Å². The van der Waals surface area contributed by atoms with Crippen LogP contribution in [0.4, 0.5) is 5.82 Å². The molecule has 6 nitrogen and oxygen atoms in total. The van der Waals surface area contributed by atoms with Crippen molar-refractivity contribution < 1.29 is 8.42 Å². The SMILES string of the molecule is Nc1ncc(Cl)cc1S(=O)(=O)N1CC[C@H](N)C1. The first kappa shape index (κ1) is 12.6. The van der Waals surface area contributed by atoms with Crippen LogP contribution in [0, 0.1) is 0 Å². The molecule has 0 aromatic carbocycles. The molecule has 0 saturated carbocycles. The molecule has 0 radical (unpaired) electrons. The molecule has 1 aliphatic rings. The number of hydrogen-bond donors (Lipinski definition) is 2. The van der Waals surface area contributed by atoms with Crippen molar-refractivity contribution in [3.8, 4) is 0 Å². The van der Waals surface area contributed by atoms with Crippen molar-refractivity contribution in [2.45, 2.75) is 17.4 Å². The van der Waals surface area contributed by atoms with Gasteiger partial charge in [0.05, 0.1) is 5.02 Å². The van der Waals surface area contributed by atoms with E-state index in [0.29, 0.717) is 19.5 Å². The molecule has 0 unspecified atom stereocenters. The van der Waals surface area contributed by atoms with E-state index in [1.165, 1.54) is 16.6 Å². The molecule has 0 amide bonds. The van der Waals surface area contributed by atoms with E-state index in [1.807, 2.05) is 0 Å². The van der Waals surface area contributed by atoms with Crippen molar-refractivity contribution in [2.24, 2.45) is 5.73 Å². The fraction of sp³-hybridized carbons (Fsp3) is 0.444. The number of nitrogen functional groups attached to an aromatic ring is 1. The molecule has 2 heterocycles. The van der Waals surface area contributed by atoms with Gasteiger partial charge < -0.3 is 11.5 Å². The lowest BCUT2D eigenvalue weighted by molar-refractivity contribution is 0.472. The van der Waals surface area contributed by atoms with Gasteiger partial charge in [0, 0.05) is 25.3 Å². The molecule has 1 aliphatic heterocycles. The largest absolute Gasteiger partial charge is 0.383 e. The van der Waals surface area contributed by atoms with Crippen LogP contribution < -0.4 is 11.5 Å². The summed E-state index contributed by atoms with van der Waals surface area (Å²) in [6.45, 7) is 0.698. The van der Waals surface area contributed by atoms with Gasteiger partial charge in [0.25, 0.3) is 0 Å². The second kappa shape index (κ2) is 4.41. The van der Waals surface area contributed by atoms with Crippen LogP contribution >= 0.6 is 11.6 Å². The molecule has 0 bridgehead atoms. The topological polar surface area (TPSA) is 102 Å². The van der Waals surface area contributed by atoms with E-state index in [4.69, 9.17) is 23.1 Å². The molecule has 8 heteroatoms. The summed E-state index contributed by atoms with van der Waals surface area (Å²) in [5.74, 6) is -0.0464. The third-order valence-electron chi connectivity index (χ3n) is 2.65. The average Bonchev–Trinajstić information content (AvgIpc) is 2.69. The van der Waals surface area contributed by atoms with E-state index in [9.17, 15) is 8.42 Å². The maximum atomic E-state index is 12.2. The summed E-state index contributed by atoms with van der Waals surface area (Å²) in [5, 5.41) is 0.237. The van der Waals surface area contributed by atoms with Crippen LogP contribution in [0.1, 0.15) is 6.42 Å². The van der Waals surface area contributed by atoms with E-state index < -0.39 is 10.0 Å². The molecule has 1 fully saturated rings. The molecular weight excluding hydrogens is 264 g/mol. The van der Waals surface area contributed by atoms with Gasteiger partial charge in [-0.05, 0) is 12.5 Å². The average molecular weight is 277 g/mol. The van der Waals surface area contributed by atoms with Gasteiger partial charge in [0.2, 0.25) is 10.0 Å². The Bertz CT molecular complexity index is 534. The highest BCUT2D eigenvalue weighted by molar-refractivity contribution is 7.89. The first-order chi connectivity index (χ1) is 7.91. The summed E-state index contributed by atoms with van der Waals surface area (Å²) in [5.41, 5.74) is 11.3. The van der Waals surface area contributed by atoms with Crippen molar-refractivity contribution in [3.05, 3.63) is 17.3 Å². The Morgan fingerprint density at radius 3 is 2.82 bits per heavy atom. The van der Waals surface area contributed by atoms with Crippen molar-refractivity contribution in [3.63, 3.8) is 0 Å². The number of nitrogens with two attached hydrogens (primary N) is 2. The molecule has 2 rings (SSSR count). The normalized spacial score (nSPS) is 21.9. The molecule has 1 aromatic heterocycles. The van der Waals surface area contributed by atoms with Gasteiger partial charge >= 0.3 is 0 Å². The molecule has 17 heavy (non-hydrogen) atoms. The lowest BCUT2D eigenvalue weighted by atomic mass is 10.3. The molecule has 0 aliphatic carbocycles. The minimum atomic E-state index is -3.64. The Labute approximate surface area is 105 Å². The minimum Gasteiger partial charge on any atom is -0.383 e. The van der Waals surface area contributed by atoms with Gasteiger partial charge in [-0.25, -0.2) is 13.4 Å². The van der Waals surface area contributed by atoms with Crippen LogP contribution in [0.15, 0.2) is 17.2 Å². The minimum absolute atomic E-state index is 0.0464. The van der Waals surface area contributed by atoms with Crippen LogP contribution in [0.25, 0.3) is 0 Å². The standard InChI is InChI=1S/C9H13ClN4O2S/c10-6-3-8(9(12)13-4-6)17(15,16)14-2-1-7(11)5-14/h3-4,7H,1-2,5,11H2,(H2,12,13)/t7-/m0/s1. The molecule has 1 atom stereocenters. The maximum Gasteiger partial charge on any atom is 0.246 e. The van der Waals surface area contributed by atoms with Crippen LogP contribution in [0.2, 0.25) is 5.02 Å². The number of sulfonamides is 1.